The molecule has 7 heteroatoms. The zero-order valence-electron chi connectivity index (χ0n) is 12.1. The van der Waals surface area contributed by atoms with E-state index in [1.165, 1.54) is 6.07 Å². The highest BCUT2D eigenvalue weighted by Crippen LogP contribution is 2.17. The van der Waals surface area contributed by atoms with E-state index in [0.717, 1.165) is 10.2 Å². The van der Waals surface area contributed by atoms with E-state index in [9.17, 15) is 9.18 Å². The first-order valence-corrected chi connectivity index (χ1v) is 8.65. The van der Waals surface area contributed by atoms with Gasteiger partial charge in [-0.2, -0.15) is 11.8 Å². The highest BCUT2D eigenvalue weighted by Gasteiger charge is 2.20. The van der Waals surface area contributed by atoms with E-state index in [-0.39, 0.29) is 30.7 Å². The van der Waals surface area contributed by atoms with Crippen LogP contribution < -0.4 is 5.73 Å². The van der Waals surface area contributed by atoms with Crippen LogP contribution in [0.5, 0.6) is 0 Å². The summed E-state index contributed by atoms with van der Waals surface area (Å²) in [4.78, 5) is 13.8. The highest BCUT2D eigenvalue weighted by molar-refractivity contribution is 9.10. The molecule has 2 N–H and O–H groups in total. The van der Waals surface area contributed by atoms with E-state index in [2.05, 4.69) is 15.9 Å². The Balaban J connectivity index is 0.00000400. The highest BCUT2D eigenvalue weighted by atomic mass is 79.9. The number of likely N-dealkylation sites (N-methyl/N-ethyl adjacent to an activating group) is 1. The number of carbonyl (C=O) groups excluding carboxylic acids is 1. The molecule has 0 bridgehead atoms. The first kappa shape index (κ1) is 20.7. The normalized spacial score (nSPS) is 11.7. The van der Waals surface area contributed by atoms with Crippen molar-refractivity contribution in [3.8, 4) is 0 Å². The Morgan fingerprint density at radius 3 is 2.76 bits per heavy atom. The largest absolute Gasteiger partial charge is 0.337 e. The Bertz CT molecular complexity index is 465. The lowest BCUT2D eigenvalue weighted by Gasteiger charge is -2.24. The zero-order valence-corrected chi connectivity index (χ0v) is 15.4. The molecule has 3 nitrogen and oxygen atoms in total. The van der Waals surface area contributed by atoms with Crippen molar-refractivity contribution in [2.24, 2.45) is 5.73 Å². The van der Waals surface area contributed by atoms with Gasteiger partial charge in [0.25, 0.3) is 0 Å². The predicted molar refractivity (Wildman–Crippen MR) is 93.4 cm³/mol. The molecule has 120 valence electrons. The fourth-order valence-corrected chi connectivity index (χ4v) is 2.72. The summed E-state index contributed by atoms with van der Waals surface area (Å²) in [6.45, 7) is 2.63. The molecule has 0 saturated heterocycles. The number of halogens is 3. The van der Waals surface area contributed by atoms with Crippen molar-refractivity contribution in [3.05, 3.63) is 34.1 Å². The van der Waals surface area contributed by atoms with E-state index in [4.69, 9.17) is 5.73 Å². The molecule has 0 saturated carbocycles. The summed E-state index contributed by atoms with van der Waals surface area (Å²) in [7, 11) is 0. The quantitative estimate of drug-likeness (QED) is 0.764. The average molecular weight is 400 g/mol. The summed E-state index contributed by atoms with van der Waals surface area (Å²) in [5, 5.41) is 0. The van der Waals surface area contributed by atoms with Crippen LogP contribution >= 0.6 is 40.1 Å². The third kappa shape index (κ3) is 6.55. The minimum Gasteiger partial charge on any atom is -0.337 e. The maximum Gasteiger partial charge on any atom is 0.239 e. The van der Waals surface area contributed by atoms with Crippen molar-refractivity contribution in [2.45, 2.75) is 25.9 Å². The number of hydrogen-bond acceptors (Lipinski definition) is 3. The molecule has 0 unspecified atom stereocenters. The third-order valence-corrected chi connectivity index (χ3v) is 4.15. The van der Waals surface area contributed by atoms with Gasteiger partial charge in [0.05, 0.1) is 6.04 Å². The molecule has 1 amide bonds. The Morgan fingerprint density at radius 2 is 2.19 bits per heavy atom. The number of rotatable bonds is 7. The van der Waals surface area contributed by atoms with Gasteiger partial charge in [-0.05, 0) is 43.6 Å². The Kier molecular flexibility index (Phi) is 10.3. The molecule has 0 aliphatic carbocycles. The van der Waals surface area contributed by atoms with E-state index in [0.29, 0.717) is 18.5 Å². The molecule has 0 aliphatic rings. The predicted octanol–water partition coefficient (Wildman–Crippen LogP) is 3.44. The van der Waals surface area contributed by atoms with Gasteiger partial charge in [0.1, 0.15) is 5.82 Å². The third-order valence-electron chi connectivity index (χ3n) is 3.01. The van der Waals surface area contributed by atoms with Crippen LogP contribution in [-0.4, -0.2) is 35.4 Å². The number of benzene rings is 1. The molecule has 0 spiro atoms. The summed E-state index contributed by atoms with van der Waals surface area (Å²) in [6, 6.07) is 4.21. The van der Waals surface area contributed by atoms with Gasteiger partial charge in [0.2, 0.25) is 5.91 Å². The summed E-state index contributed by atoms with van der Waals surface area (Å²) in [5.74, 6) is 0.411. The SMILES string of the molecule is CCN(Cc1cc(Br)ccc1F)C(=O)[C@@H](N)CCSC.Cl. The zero-order chi connectivity index (χ0) is 15.1. The van der Waals surface area contributed by atoms with E-state index in [1.807, 2.05) is 13.2 Å². The minimum absolute atomic E-state index is 0. The number of carbonyl (C=O) groups is 1. The fraction of sp³-hybridized carbons (Fsp3) is 0.500. The fourth-order valence-electron chi connectivity index (χ4n) is 1.82. The van der Waals surface area contributed by atoms with Gasteiger partial charge in [-0.25, -0.2) is 4.39 Å². The Labute approximate surface area is 144 Å². The van der Waals surface area contributed by atoms with E-state index >= 15 is 0 Å². The van der Waals surface area contributed by atoms with Crippen LogP contribution in [0.1, 0.15) is 18.9 Å². The Morgan fingerprint density at radius 1 is 1.52 bits per heavy atom. The van der Waals surface area contributed by atoms with Crippen LogP contribution in [-0.2, 0) is 11.3 Å². The van der Waals surface area contributed by atoms with Gasteiger partial charge < -0.3 is 10.6 Å². The summed E-state index contributed by atoms with van der Waals surface area (Å²) in [5.41, 5.74) is 6.39. The molecule has 1 atom stereocenters. The van der Waals surface area contributed by atoms with Crippen molar-refractivity contribution < 1.29 is 9.18 Å². The van der Waals surface area contributed by atoms with E-state index < -0.39 is 6.04 Å². The monoisotopic (exact) mass is 398 g/mol. The Hall–Kier alpha value is -0.300. The van der Waals surface area contributed by atoms with Crippen LogP contribution in [0, 0.1) is 5.82 Å². The molecule has 0 aliphatic heterocycles. The lowest BCUT2D eigenvalue weighted by molar-refractivity contribution is -0.133. The van der Waals surface area contributed by atoms with Crippen LogP contribution in [0.4, 0.5) is 4.39 Å². The van der Waals surface area contributed by atoms with Crippen LogP contribution in [0.2, 0.25) is 0 Å². The first-order valence-electron chi connectivity index (χ1n) is 6.46. The second-order valence-electron chi connectivity index (χ2n) is 4.48. The second-order valence-corrected chi connectivity index (χ2v) is 6.38. The number of hydrogen-bond donors (Lipinski definition) is 1. The lowest BCUT2D eigenvalue weighted by atomic mass is 10.1. The standard InChI is InChI=1S/C14H20BrFN2OS.ClH/c1-3-18(14(19)13(17)6-7-20-2)9-10-8-11(15)4-5-12(10)16;/h4-5,8,13H,3,6-7,9,17H2,1-2H3;1H/t13-;/m0./s1. The molecule has 1 aromatic carbocycles. The molecule has 0 aromatic heterocycles. The summed E-state index contributed by atoms with van der Waals surface area (Å²) in [6.07, 6.45) is 2.61. The number of thioether (sulfide) groups is 1. The lowest BCUT2D eigenvalue weighted by Crippen LogP contribution is -2.43. The van der Waals surface area contributed by atoms with Gasteiger partial charge in [-0.1, -0.05) is 15.9 Å². The maximum atomic E-state index is 13.7. The van der Waals surface area contributed by atoms with Crippen molar-refractivity contribution in [3.63, 3.8) is 0 Å². The smallest absolute Gasteiger partial charge is 0.239 e. The second kappa shape index (κ2) is 10.4. The van der Waals surface area contributed by atoms with E-state index in [1.54, 1.807) is 28.8 Å². The van der Waals surface area contributed by atoms with Gasteiger partial charge in [-0.3, -0.25) is 4.79 Å². The molecule has 21 heavy (non-hydrogen) atoms. The summed E-state index contributed by atoms with van der Waals surface area (Å²) < 4.78 is 14.5. The van der Waals surface area contributed by atoms with Crippen LogP contribution in [0.25, 0.3) is 0 Å². The van der Waals surface area contributed by atoms with Gasteiger partial charge >= 0.3 is 0 Å². The number of nitrogens with two attached hydrogens (primary N) is 1. The molecule has 1 aromatic rings. The molecular weight excluding hydrogens is 379 g/mol. The van der Waals surface area contributed by atoms with Gasteiger partial charge in [0, 0.05) is 23.1 Å². The molecule has 1 rings (SSSR count). The van der Waals surface area contributed by atoms with Gasteiger partial charge in [0.15, 0.2) is 0 Å². The maximum absolute atomic E-state index is 13.7. The molecule has 0 heterocycles. The first-order chi connectivity index (χ1) is 9.49. The van der Waals surface area contributed by atoms with Gasteiger partial charge in [-0.15, -0.1) is 12.4 Å². The van der Waals surface area contributed by atoms with Crippen molar-refractivity contribution >= 4 is 46.0 Å². The van der Waals surface area contributed by atoms with Crippen molar-refractivity contribution in [2.75, 3.05) is 18.6 Å². The van der Waals surface area contributed by atoms with Crippen LogP contribution in [0.15, 0.2) is 22.7 Å². The van der Waals surface area contributed by atoms with Crippen LogP contribution in [0.3, 0.4) is 0 Å². The topological polar surface area (TPSA) is 46.3 Å². The average Bonchev–Trinajstić information content (AvgIpc) is 2.44. The molecule has 0 radical (unpaired) electrons. The van der Waals surface area contributed by atoms with Crippen molar-refractivity contribution in [1.82, 2.24) is 4.90 Å². The van der Waals surface area contributed by atoms with Crippen molar-refractivity contribution in [1.29, 1.82) is 0 Å². The minimum atomic E-state index is -0.516. The molecule has 0 fully saturated rings. The number of amides is 1. The molecular formula is C14H21BrClFN2OS. The number of nitrogens with zero attached hydrogens (tertiary/aromatic N) is 1. The summed E-state index contributed by atoms with van der Waals surface area (Å²) >= 11 is 4.97.